The topological polar surface area (TPSA) is 72.2 Å². The molecule has 0 spiro atoms. The highest BCUT2D eigenvalue weighted by Gasteiger charge is 2.20. The molecule has 0 fully saturated rings. The van der Waals surface area contributed by atoms with E-state index < -0.39 is 10.8 Å². The minimum absolute atomic E-state index is 0.139. The summed E-state index contributed by atoms with van der Waals surface area (Å²) in [4.78, 5) is 20.9. The molecule has 0 aromatic carbocycles. The number of nitrogens with zero attached hydrogens (tertiary/aromatic N) is 1. The van der Waals surface area contributed by atoms with Gasteiger partial charge in [0.1, 0.15) is 0 Å². The molecule has 1 aromatic heterocycles. The van der Waals surface area contributed by atoms with Gasteiger partial charge in [0.15, 0.2) is 4.88 Å². The molecule has 0 aliphatic rings. The molecule has 0 aliphatic heterocycles. The van der Waals surface area contributed by atoms with E-state index in [9.17, 15) is 14.9 Å². The SMILES string of the molecule is CNC(=O)c1sccc1[N+](=O)[O-]. The maximum atomic E-state index is 11.0. The fraction of sp³-hybridized carbons (Fsp3) is 0.167. The predicted molar refractivity (Wildman–Crippen MR) is 44.4 cm³/mol. The highest BCUT2D eigenvalue weighted by Crippen LogP contribution is 2.23. The number of hydrogen-bond acceptors (Lipinski definition) is 4. The Balaban J connectivity index is 3.07. The fourth-order valence-electron chi connectivity index (χ4n) is 0.730. The number of thiophene rings is 1. The van der Waals surface area contributed by atoms with E-state index >= 15 is 0 Å². The van der Waals surface area contributed by atoms with Crippen LogP contribution in [0.25, 0.3) is 0 Å². The molecule has 0 bridgehead atoms. The Labute approximate surface area is 72.2 Å². The van der Waals surface area contributed by atoms with E-state index in [1.54, 1.807) is 0 Å². The summed E-state index contributed by atoms with van der Waals surface area (Å²) in [7, 11) is 1.44. The van der Waals surface area contributed by atoms with Gasteiger partial charge in [0.05, 0.1) is 4.92 Å². The summed E-state index contributed by atoms with van der Waals surface area (Å²) in [5, 5.41) is 14.2. The van der Waals surface area contributed by atoms with Crippen LogP contribution >= 0.6 is 11.3 Å². The van der Waals surface area contributed by atoms with Gasteiger partial charge in [0.25, 0.3) is 11.6 Å². The lowest BCUT2D eigenvalue weighted by atomic mass is 10.4. The molecule has 5 nitrogen and oxygen atoms in total. The van der Waals surface area contributed by atoms with Gasteiger partial charge in [-0.05, 0) is 5.38 Å². The van der Waals surface area contributed by atoms with Crippen LogP contribution in [-0.4, -0.2) is 17.9 Å². The van der Waals surface area contributed by atoms with Gasteiger partial charge in [-0.1, -0.05) is 0 Å². The van der Waals surface area contributed by atoms with Gasteiger partial charge in [-0.25, -0.2) is 0 Å². The van der Waals surface area contributed by atoms with Gasteiger partial charge in [0.2, 0.25) is 0 Å². The van der Waals surface area contributed by atoms with Crippen molar-refractivity contribution in [3.05, 3.63) is 26.4 Å². The van der Waals surface area contributed by atoms with Gasteiger partial charge < -0.3 is 5.32 Å². The second-order valence-corrected chi connectivity index (χ2v) is 2.89. The first-order valence-corrected chi connectivity index (χ1v) is 3.98. The van der Waals surface area contributed by atoms with Crippen molar-refractivity contribution in [2.45, 2.75) is 0 Å². The van der Waals surface area contributed by atoms with Crippen molar-refractivity contribution in [3.63, 3.8) is 0 Å². The molecule has 0 saturated heterocycles. The summed E-state index contributed by atoms with van der Waals surface area (Å²) in [6.45, 7) is 0. The lowest BCUT2D eigenvalue weighted by molar-refractivity contribution is -0.384. The summed E-state index contributed by atoms with van der Waals surface area (Å²) >= 11 is 1.06. The molecular formula is C6H6N2O3S. The average Bonchev–Trinajstić information content (AvgIpc) is 2.50. The molecule has 1 N–H and O–H groups in total. The average molecular weight is 186 g/mol. The lowest BCUT2D eigenvalue weighted by Crippen LogP contribution is -2.17. The van der Waals surface area contributed by atoms with Crippen molar-refractivity contribution >= 4 is 22.9 Å². The second kappa shape index (κ2) is 3.31. The summed E-state index contributed by atoms with van der Waals surface area (Å²) in [6.07, 6.45) is 0. The number of amides is 1. The minimum Gasteiger partial charge on any atom is -0.354 e. The predicted octanol–water partition coefficient (Wildman–Crippen LogP) is 1.02. The Morgan fingerprint density at radius 1 is 1.75 bits per heavy atom. The molecule has 0 radical (unpaired) electrons. The maximum absolute atomic E-state index is 11.0. The highest BCUT2D eigenvalue weighted by atomic mass is 32.1. The van der Waals surface area contributed by atoms with Crippen LogP contribution in [0, 0.1) is 10.1 Å². The maximum Gasteiger partial charge on any atom is 0.292 e. The van der Waals surface area contributed by atoms with Crippen LogP contribution in [0.15, 0.2) is 11.4 Å². The van der Waals surface area contributed by atoms with Gasteiger partial charge in [-0.15, -0.1) is 11.3 Å². The van der Waals surface area contributed by atoms with Crippen LogP contribution in [0.4, 0.5) is 5.69 Å². The summed E-state index contributed by atoms with van der Waals surface area (Å²) < 4.78 is 0. The Kier molecular flexibility index (Phi) is 2.39. The molecular weight excluding hydrogens is 180 g/mol. The first-order valence-electron chi connectivity index (χ1n) is 3.10. The van der Waals surface area contributed by atoms with Crippen LogP contribution in [0.2, 0.25) is 0 Å². The van der Waals surface area contributed by atoms with E-state index in [0.29, 0.717) is 0 Å². The van der Waals surface area contributed by atoms with E-state index in [1.807, 2.05) is 0 Å². The van der Waals surface area contributed by atoms with Crippen LogP contribution in [-0.2, 0) is 0 Å². The normalized spacial score (nSPS) is 9.42. The van der Waals surface area contributed by atoms with Crippen molar-refractivity contribution < 1.29 is 9.72 Å². The molecule has 0 aliphatic carbocycles. The molecule has 12 heavy (non-hydrogen) atoms. The van der Waals surface area contributed by atoms with Crippen molar-refractivity contribution in [1.82, 2.24) is 5.32 Å². The smallest absolute Gasteiger partial charge is 0.292 e. The Hall–Kier alpha value is -1.43. The van der Waals surface area contributed by atoms with E-state index in [4.69, 9.17) is 0 Å². The van der Waals surface area contributed by atoms with E-state index in [-0.39, 0.29) is 10.6 Å². The number of hydrogen-bond donors (Lipinski definition) is 1. The zero-order chi connectivity index (χ0) is 9.14. The van der Waals surface area contributed by atoms with Crippen LogP contribution in [0.5, 0.6) is 0 Å². The molecule has 1 rings (SSSR count). The number of nitrogens with one attached hydrogen (secondary N) is 1. The van der Waals surface area contributed by atoms with Gasteiger partial charge >= 0.3 is 0 Å². The second-order valence-electron chi connectivity index (χ2n) is 1.97. The standard InChI is InChI=1S/C6H6N2O3S/c1-7-6(9)5-4(8(10)11)2-3-12-5/h2-3H,1H3,(H,7,9). The summed E-state index contributed by atoms with van der Waals surface area (Å²) in [6, 6.07) is 1.31. The zero-order valence-electron chi connectivity index (χ0n) is 6.23. The van der Waals surface area contributed by atoms with Crippen LogP contribution in [0.1, 0.15) is 9.67 Å². The zero-order valence-corrected chi connectivity index (χ0v) is 7.05. The van der Waals surface area contributed by atoms with E-state index in [1.165, 1.54) is 18.5 Å². The van der Waals surface area contributed by atoms with Crippen LogP contribution < -0.4 is 5.32 Å². The monoisotopic (exact) mass is 186 g/mol. The van der Waals surface area contributed by atoms with Crippen LogP contribution in [0.3, 0.4) is 0 Å². The molecule has 1 heterocycles. The van der Waals surface area contributed by atoms with E-state index in [0.717, 1.165) is 11.3 Å². The molecule has 0 atom stereocenters. The van der Waals surface area contributed by atoms with Crippen molar-refractivity contribution in [2.24, 2.45) is 0 Å². The molecule has 1 aromatic rings. The first kappa shape index (κ1) is 8.66. The highest BCUT2D eigenvalue weighted by molar-refractivity contribution is 7.12. The first-order chi connectivity index (χ1) is 5.66. The van der Waals surface area contributed by atoms with Crippen molar-refractivity contribution in [1.29, 1.82) is 0 Å². The molecule has 0 saturated carbocycles. The Morgan fingerprint density at radius 2 is 2.42 bits per heavy atom. The molecule has 64 valence electrons. The number of rotatable bonds is 2. The Bertz CT molecular complexity index is 320. The summed E-state index contributed by atoms with van der Waals surface area (Å²) in [5.41, 5.74) is -0.139. The summed E-state index contributed by atoms with van der Waals surface area (Å²) in [5.74, 6) is -0.420. The molecule has 0 unspecified atom stereocenters. The van der Waals surface area contributed by atoms with Gasteiger partial charge in [-0.2, -0.15) is 0 Å². The van der Waals surface area contributed by atoms with Gasteiger partial charge in [0, 0.05) is 13.1 Å². The lowest BCUT2D eigenvalue weighted by Gasteiger charge is -1.93. The minimum atomic E-state index is -0.568. The number of carbonyl (C=O) groups is 1. The quantitative estimate of drug-likeness (QED) is 0.553. The molecule has 1 amide bonds. The fourth-order valence-corrected chi connectivity index (χ4v) is 1.54. The van der Waals surface area contributed by atoms with E-state index in [2.05, 4.69) is 5.32 Å². The third-order valence-electron chi connectivity index (χ3n) is 1.27. The number of carbonyl (C=O) groups excluding carboxylic acids is 1. The Morgan fingerprint density at radius 3 is 2.92 bits per heavy atom. The number of nitro groups is 1. The largest absolute Gasteiger partial charge is 0.354 e. The third-order valence-corrected chi connectivity index (χ3v) is 2.18. The van der Waals surface area contributed by atoms with Gasteiger partial charge in [-0.3, -0.25) is 14.9 Å². The molecule has 6 heteroatoms. The third kappa shape index (κ3) is 1.42. The van der Waals surface area contributed by atoms with Crippen molar-refractivity contribution in [3.8, 4) is 0 Å². The van der Waals surface area contributed by atoms with Crippen molar-refractivity contribution in [2.75, 3.05) is 7.05 Å².